The number of hydrogen-bond acceptors (Lipinski definition) is 4. The Bertz CT molecular complexity index is 906. The van der Waals surface area contributed by atoms with Crippen LogP contribution < -0.4 is 11.1 Å². The number of fused-ring (bicyclic) bond motifs is 1. The molecule has 2 aromatic heterocycles. The number of amides is 2. The number of nitrogens with one attached hydrogen (secondary N) is 1. The van der Waals surface area contributed by atoms with Crippen LogP contribution >= 0.6 is 11.8 Å². The van der Waals surface area contributed by atoms with Gasteiger partial charge in [-0.25, -0.2) is 4.98 Å². The maximum absolute atomic E-state index is 12.7. The van der Waals surface area contributed by atoms with Gasteiger partial charge < -0.3 is 11.1 Å². The Morgan fingerprint density at radius 3 is 2.79 bits per heavy atom. The Hall–Kier alpha value is -2.80. The number of rotatable bonds is 5. The highest BCUT2D eigenvalue weighted by Gasteiger charge is 2.17. The molecule has 0 fully saturated rings. The molecule has 1 atom stereocenters. The summed E-state index contributed by atoms with van der Waals surface area (Å²) < 4.78 is 1.79. The molecular formula is C17H16N4O2S. The lowest BCUT2D eigenvalue weighted by molar-refractivity contribution is -0.117. The van der Waals surface area contributed by atoms with Crippen LogP contribution in [0.1, 0.15) is 17.3 Å². The molecule has 7 heteroatoms. The molecule has 0 spiro atoms. The van der Waals surface area contributed by atoms with E-state index in [1.807, 2.05) is 18.2 Å². The molecule has 0 bridgehead atoms. The number of benzene rings is 1. The van der Waals surface area contributed by atoms with Crippen LogP contribution in [-0.2, 0) is 4.79 Å². The van der Waals surface area contributed by atoms with E-state index in [2.05, 4.69) is 10.3 Å². The van der Waals surface area contributed by atoms with Gasteiger partial charge in [-0.3, -0.25) is 14.0 Å². The Labute approximate surface area is 143 Å². The Balaban J connectivity index is 1.88. The van der Waals surface area contributed by atoms with Gasteiger partial charge in [0.05, 0.1) is 10.8 Å². The van der Waals surface area contributed by atoms with Gasteiger partial charge in [-0.2, -0.15) is 0 Å². The number of imidazole rings is 1. The van der Waals surface area contributed by atoms with Crippen LogP contribution in [0.4, 0.5) is 5.82 Å². The highest BCUT2D eigenvalue weighted by Crippen LogP contribution is 2.27. The van der Waals surface area contributed by atoms with Crippen LogP contribution in [0.15, 0.2) is 59.8 Å². The lowest BCUT2D eigenvalue weighted by atomic mass is 10.2. The van der Waals surface area contributed by atoms with Gasteiger partial charge >= 0.3 is 0 Å². The average molecular weight is 340 g/mol. The van der Waals surface area contributed by atoms with E-state index in [9.17, 15) is 9.59 Å². The molecule has 3 N–H and O–H groups in total. The SMILES string of the molecule is C[C@@H](Sc1ccccc1C(=O)Nc1cccc2nccn12)C(N)=O. The van der Waals surface area contributed by atoms with Gasteiger partial charge in [0.15, 0.2) is 0 Å². The first-order chi connectivity index (χ1) is 11.6. The molecule has 3 aromatic rings. The molecule has 0 aliphatic heterocycles. The summed E-state index contributed by atoms with van der Waals surface area (Å²) in [6.07, 6.45) is 3.45. The number of hydrogen-bond donors (Lipinski definition) is 2. The summed E-state index contributed by atoms with van der Waals surface area (Å²) in [5.41, 5.74) is 6.55. The normalized spacial score (nSPS) is 12.0. The molecule has 2 amide bonds. The smallest absolute Gasteiger partial charge is 0.257 e. The molecule has 0 unspecified atom stereocenters. The lowest BCUT2D eigenvalue weighted by Gasteiger charge is -2.13. The minimum Gasteiger partial charge on any atom is -0.369 e. The highest BCUT2D eigenvalue weighted by atomic mass is 32.2. The van der Waals surface area contributed by atoms with Crippen LogP contribution in [0.25, 0.3) is 5.65 Å². The number of nitrogens with two attached hydrogens (primary N) is 1. The second-order valence-corrected chi connectivity index (χ2v) is 6.56. The maximum atomic E-state index is 12.7. The number of anilines is 1. The van der Waals surface area contributed by atoms with Crippen LogP contribution in [0.2, 0.25) is 0 Å². The lowest BCUT2D eigenvalue weighted by Crippen LogP contribution is -2.23. The van der Waals surface area contributed by atoms with E-state index < -0.39 is 11.2 Å². The zero-order valence-electron chi connectivity index (χ0n) is 13.0. The molecule has 6 nitrogen and oxygen atoms in total. The fourth-order valence-electron chi connectivity index (χ4n) is 2.24. The van der Waals surface area contributed by atoms with Gasteiger partial charge in [-0.05, 0) is 31.2 Å². The quantitative estimate of drug-likeness (QED) is 0.699. The Morgan fingerprint density at radius 2 is 2.00 bits per heavy atom. The zero-order valence-corrected chi connectivity index (χ0v) is 13.8. The van der Waals surface area contributed by atoms with Crippen LogP contribution in [0.5, 0.6) is 0 Å². The van der Waals surface area contributed by atoms with E-state index in [1.54, 1.807) is 48.0 Å². The maximum Gasteiger partial charge on any atom is 0.257 e. The molecule has 122 valence electrons. The van der Waals surface area contributed by atoms with Crippen molar-refractivity contribution in [3.8, 4) is 0 Å². The predicted octanol–water partition coefficient (Wildman–Crippen LogP) is 2.55. The summed E-state index contributed by atoms with van der Waals surface area (Å²) in [6, 6.07) is 12.6. The van der Waals surface area contributed by atoms with Crippen molar-refractivity contribution in [3.63, 3.8) is 0 Å². The number of thioether (sulfide) groups is 1. The van der Waals surface area contributed by atoms with E-state index in [1.165, 1.54) is 11.8 Å². The predicted molar refractivity (Wildman–Crippen MR) is 94.1 cm³/mol. The second-order valence-electron chi connectivity index (χ2n) is 5.18. The fraction of sp³-hybridized carbons (Fsp3) is 0.118. The summed E-state index contributed by atoms with van der Waals surface area (Å²) in [4.78, 5) is 28.9. The third-order valence-electron chi connectivity index (χ3n) is 3.51. The second kappa shape index (κ2) is 6.76. The molecule has 0 aliphatic carbocycles. The van der Waals surface area contributed by atoms with Gasteiger partial charge in [0.2, 0.25) is 5.91 Å². The van der Waals surface area contributed by atoms with Gasteiger partial charge in [-0.1, -0.05) is 18.2 Å². The van der Waals surface area contributed by atoms with E-state index in [0.29, 0.717) is 16.3 Å². The van der Waals surface area contributed by atoms with Crippen molar-refractivity contribution < 1.29 is 9.59 Å². The minimum absolute atomic E-state index is 0.254. The largest absolute Gasteiger partial charge is 0.369 e. The number of carbonyl (C=O) groups excluding carboxylic acids is 2. The molecular weight excluding hydrogens is 324 g/mol. The number of carbonyl (C=O) groups is 2. The van der Waals surface area contributed by atoms with E-state index >= 15 is 0 Å². The summed E-state index contributed by atoms with van der Waals surface area (Å²) in [7, 11) is 0. The van der Waals surface area contributed by atoms with Crippen molar-refractivity contribution in [1.29, 1.82) is 0 Å². The van der Waals surface area contributed by atoms with Crippen molar-refractivity contribution >= 4 is 35.0 Å². The van der Waals surface area contributed by atoms with Crippen molar-refractivity contribution in [1.82, 2.24) is 9.38 Å². The summed E-state index contributed by atoms with van der Waals surface area (Å²) in [6.45, 7) is 1.72. The monoisotopic (exact) mass is 340 g/mol. The fourth-order valence-corrected chi connectivity index (χ4v) is 3.18. The van der Waals surface area contributed by atoms with Crippen LogP contribution in [-0.4, -0.2) is 26.4 Å². The van der Waals surface area contributed by atoms with Crippen LogP contribution in [0.3, 0.4) is 0 Å². The average Bonchev–Trinajstić information content (AvgIpc) is 3.05. The molecule has 0 saturated carbocycles. The first-order valence-corrected chi connectivity index (χ1v) is 8.22. The standard InChI is InChI=1S/C17H16N4O2S/c1-11(16(18)22)24-13-6-3-2-5-12(13)17(23)20-15-8-4-7-14-19-9-10-21(14)15/h2-11H,1H3,(H2,18,22)(H,20,23)/t11-/m1/s1. The van der Waals surface area contributed by atoms with E-state index in [0.717, 1.165) is 5.65 Å². The van der Waals surface area contributed by atoms with Gasteiger partial charge in [0.25, 0.3) is 5.91 Å². The molecule has 1 aromatic carbocycles. The first-order valence-electron chi connectivity index (χ1n) is 7.34. The van der Waals surface area contributed by atoms with Gasteiger partial charge in [0, 0.05) is 17.3 Å². The van der Waals surface area contributed by atoms with E-state index in [4.69, 9.17) is 5.73 Å². The third-order valence-corrected chi connectivity index (χ3v) is 4.70. The topological polar surface area (TPSA) is 89.5 Å². The Kier molecular flexibility index (Phi) is 4.52. The minimum atomic E-state index is -0.420. The molecule has 0 saturated heterocycles. The van der Waals surface area contributed by atoms with Crippen molar-refractivity contribution in [2.75, 3.05) is 5.32 Å². The molecule has 0 radical (unpaired) electrons. The summed E-state index contributed by atoms with van der Waals surface area (Å²) >= 11 is 1.27. The van der Waals surface area contributed by atoms with Crippen molar-refractivity contribution in [3.05, 3.63) is 60.4 Å². The zero-order chi connectivity index (χ0) is 17.1. The number of aromatic nitrogens is 2. The Morgan fingerprint density at radius 1 is 1.21 bits per heavy atom. The van der Waals surface area contributed by atoms with E-state index in [-0.39, 0.29) is 5.91 Å². The third kappa shape index (κ3) is 3.26. The molecule has 3 rings (SSSR count). The number of pyridine rings is 1. The van der Waals surface area contributed by atoms with Crippen molar-refractivity contribution in [2.45, 2.75) is 17.1 Å². The van der Waals surface area contributed by atoms with Crippen molar-refractivity contribution in [2.24, 2.45) is 5.73 Å². The van der Waals surface area contributed by atoms with Gasteiger partial charge in [-0.15, -0.1) is 11.8 Å². The molecule has 24 heavy (non-hydrogen) atoms. The molecule has 2 heterocycles. The first kappa shape index (κ1) is 16.1. The summed E-state index contributed by atoms with van der Waals surface area (Å²) in [5.74, 6) is -0.0490. The molecule has 0 aliphatic rings. The highest BCUT2D eigenvalue weighted by molar-refractivity contribution is 8.00. The van der Waals surface area contributed by atoms with Crippen LogP contribution in [0, 0.1) is 0 Å². The van der Waals surface area contributed by atoms with Gasteiger partial charge in [0.1, 0.15) is 11.5 Å². The summed E-state index contributed by atoms with van der Waals surface area (Å²) in [5, 5.41) is 2.46. The number of primary amides is 1. The number of nitrogens with zero attached hydrogens (tertiary/aromatic N) is 2.